The molecule has 0 N–H and O–H groups in total. The molecule has 2 heterocycles. The van der Waals surface area contributed by atoms with E-state index in [1.165, 1.54) is 0 Å². The third-order valence-corrected chi connectivity index (χ3v) is 3.85. The zero-order chi connectivity index (χ0) is 14.7. The molecule has 21 heavy (non-hydrogen) atoms. The number of nitrogens with zero attached hydrogens (tertiary/aromatic N) is 3. The maximum Gasteiger partial charge on any atom is 0.119 e. The molecule has 0 atom stereocenters. The quantitative estimate of drug-likeness (QED) is 0.726. The van der Waals surface area contributed by atoms with Gasteiger partial charge < -0.3 is 9.30 Å². The van der Waals surface area contributed by atoms with Crippen LogP contribution in [0.2, 0.25) is 0 Å². The van der Waals surface area contributed by atoms with Crippen molar-refractivity contribution in [2.75, 3.05) is 6.61 Å². The van der Waals surface area contributed by atoms with E-state index in [0.717, 1.165) is 27.7 Å². The number of rotatable bonds is 4. The number of halogens is 1. The molecule has 0 bridgehead atoms. The van der Waals surface area contributed by atoms with Gasteiger partial charge in [-0.3, -0.25) is 4.98 Å². The van der Waals surface area contributed by atoms with Gasteiger partial charge >= 0.3 is 0 Å². The van der Waals surface area contributed by atoms with Crippen molar-refractivity contribution >= 4 is 26.8 Å². The highest BCUT2D eigenvalue weighted by atomic mass is 79.9. The molecule has 1 aromatic carbocycles. The Hall–Kier alpha value is -2.32. The maximum atomic E-state index is 8.75. The molecule has 0 aliphatic carbocycles. The summed E-state index contributed by atoms with van der Waals surface area (Å²) in [6.45, 7) is 1.28. The lowest BCUT2D eigenvalue weighted by atomic mass is 10.2. The fourth-order valence-corrected chi connectivity index (χ4v) is 2.75. The molecule has 0 saturated heterocycles. The molecule has 3 rings (SSSR count). The summed E-state index contributed by atoms with van der Waals surface area (Å²) < 4.78 is 8.86. The van der Waals surface area contributed by atoms with Crippen LogP contribution < -0.4 is 4.74 Å². The van der Waals surface area contributed by atoms with Gasteiger partial charge in [0.15, 0.2) is 0 Å². The average molecular weight is 342 g/mol. The summed E-state index contributed by atoms with van der Waals surface area (Å²) >= 11 is 3.55. The molecule has 0 amide bonds. The predicted octanol–water partition coefficient (Wildman–Crippen LogP) is 3.75. The molecule has 5 heteroatoms. The third kappa shape index (κ3) is 2.91. The van der Waals surface area contributed by atoms with Gasteiger partial charge in [-0.25, -0.2) is 0 Å². The molecule has 3 aromatic rings. The molecule has 104 valence electrons. The monoisotopic (exact) mass is 341 g/mol. The van der Waals surface area contributed by atoms with E-state index in [-0.39, 0.29) is 0 Å². The first-order valence-electron chi connectivity index (χ1n) is 6.49. The first-order chi connectivity index (χ1) is 10.3. The minimum atomic E-state index is 0.553. The van der Waals surface area contributed by atoms with E-state index in [2.05, 4.69) is 31.6 Å². The summed E-state index contributed by atoms with van der Waals surface area (Å²) in [5, 5.41) is 9.89. The Morgan fingerprint density at radius 1 is 1.24 bits per heavy atom. The predicted molar refractivity (Wildman–Crippen MR) is 84.1 cm³/mol. The number of nitriles is 1. The van der Waals surface area contributed by atoms with E-state index in [0.29, 0.717) is 12.2 Å². The van der Waals surface area contributed by atoms with Gasteiger partial charge in [0.1, 0.15) is 12.4 Å². The van der Waals surface area contributed by atoms with Crippen LogP contribution in [-0.2, 0) is 6.54 Å². The number of ether oxygens (including phenoxy) is 1. The smallest absolute Gasteiger partial charge is 0.119 e. The normalized spacial score (nSPS) is 10.5. The highest BCUT2D eigenvalue weighted by molar-refractivity contribution is 9.10. The third-order valence-electron chi connectivity index (χ3n) is 3.22. The Kier molecular flexibility index (Phi) is 3.89. The Bertz CT molecular complexity index is 802. The van der Waals surface area contributed by atoms with Crippen molar-refractivity contribution < 1.29 is 4.74 Å². The van der Waals surface area contributed by atoms with Crippen LogP contribution in [0.25, 0.3) is 10.9 Å². The van der Waals surface area contributed by atoms with Crippen molar-refractivity contribution in [1.82, 2.24) is 9.55 Å². The number of fused-ring (bicyclic) bond motifs is 1. The van der Waals surface area contributed by atoms with Crippen LogP contribution >= 0.6 is 15.9 Å². The van der Waals surface area contributed by atoms with Crippen molar-refractivity contribution in [1.29, 1.82) is 5.26 Å². The van der Waals surface area contributed by atoms with Gasteiger partial charge in [0.25, 0.3) is 0 Å². The van der Waals surface area contributed by atoms with Gasteiger partial charge in [-0.05, 0) is 46.3 Å². The van der Waals surface area contributed by atoms with Crippen molar-refractivity contribution in [3.63, 3.8) is 0 Å². The Balaban J connectivity index is 1.68. The molecule has 0 radical (unpaired) electrons. The molecule has 0 aliphatic heterocycles. The average Bonchev–Trinajstić information content (AvgIpc) is 2.85. The minimum absolute atomic E-state index is 0.553. The van der Waals surface area contributed by atoms with Gasteiger partial charge in [-0.15, -0.1) is 0 Å². The first kappa shape index (κ1) is 13.7. The van der Waals surface area contributed by atoms with Crippen molar-refractivity contribution in [2.45, 2.75) is 6.54 Å². The summed E-state index contributed by atoms with van der Waals surface area (Å²) in [4.78, 5) is 4.16. The van der Waals surface area contributed by atoms with Crippen molar-refractivity contribution in [2.24, 2.45) is 0 Å². The van der Waals surface area contributed by atoms with Crippen molar-refractivity contribution in [3.8, 4) is 11.8 Å². The molecular formula is C16H12BrN3O. The molecular weight excluding hydrogens is 330 g/mol. The first-order valence-corrected chi connectivity index (χ1v) is 7.28. The highest BCUT2D eigenvalue weighted by Crippen LogP contribution is 2.25. The SMILES string of the molecule is N#Cc1ccc(OCCn2cc(Br)c3ccncc32)cc1. The Labute approximate surface area is 130 Å². The van der Waals surface area contributed by atoms with E-state index in [1.54, 1.807) is 18.3 Å². The van der Waals surface area contributed by atoms with Crippen LogP contribution in [0.5, 0.6) is 5.75 Å². The second-order valence-electron chi connectivity index (χ2n) is 4.55. The second kappa shape index (κ2) is 5.98. The summed E-state index contributed by atoms with van der Waals surface area (Å²) in [5.74, 6) is 0.766. The number of hydrogen-bond acceptors (Lipinski definition) is 3. The minimum Gasteiger partial charge on any atom is -0.492 e. The van der Waals surface area contributed by atoms with Crippen LogP contribution in [0, 0.1) is 11.3 Å². The molecule has 0 spiro atoms. The van der Waals surface area contributed by atoms with Gasteiger partial charge in [0, 0.05) is 22.3 Å². The van der Waals surface area contributed by atoms with E-state index < -0.39 is 0 Å². The van der Waals surface area contributed by atoms with Crippen LogP contribution in [0.3, 0.4) is 0 Å². The van der Waals surface area contributed by atoms with Gasteiger partial charge in [0.05, 0.1) is 29.9 Å². The molecule has 0 unspecified atom stereocenters. The fraction of sp³-hybridized carbons (Fsp3) is 0.125. The van der Waals surface area contributed by atoms with Crippen LogP contribution in [0.15, 0.2) is 53.4 Å². The largest absolute Gasteiger partial charge is 0.492 e. The summed E-state index contributed by atoms with van der Waals surface area (Å²) in [7, 11) is 0. The molecule has 0 saturated carbocycles. The molecule has 0 fully saturated rings. The second-order valence-corrected chi connectivity index (χ2v) is 5.40. The standard InChI is InChI=1S/C16H12BrN3O/c17-15-11-20(16-10-19-6-5-14(15)16)7-8-21-13-3-1-12(9-18)2-4-13/h1-6,10-11H,7-8H2. The summed E-state index contributed by atoms with van der Waals surface area (Å²) in [5.41, 5.74) is 1.71. The van der Waals surface area contributed by atoms with Crippen LogP contribution in [0.1, 0.15) is 5.56 Å². The Morgan fingerprint density at radius 2 is 2.05 bits per heavy atom. The number of aromatic nitrogens is 2. The van der Waals surface area contributed by atoms with E-state index in [4.69, 9.17) is 10.00 Å². The highest BCUT2D eigenvalue weighted by Gasteiger charge is 2.06. The van der Waals surface area contributed by atoms with Gasteiger partial charge in [0.2, 0.25) is 0 Å². The van der Waals surface area contributed by atoms with E-state index in [9.17, 15) is 0 Å². The van der Waals surface area contributed by atoms with E-state index in [1.807, 2.05) is 30.6 Å². The molecule has 2 aromatic heterocycles. The molecule has 0 aliphatic rings. The fourth-order valence-electron chi connectivity index (χ4n) is 2.17. The molecule has 4 nitrogen and oxygen atoms in total. The summed E-state index contributed by atoms with van der Waals surface area (Å²) in [6, 6.07) is 11.2. The number of hydrogen-bond donors (Lipinski definition) is 0. The van der Waals surface area contributed by atoms with Gasteiger partial charge in [-0.2, -0.15) is 5.26 Å². The summed E-state index contributed by atoms with van der Waals surface area (Å²) in [6.07, 6.45) is 5.67. The lowest BCUT2D eigenvalue weighted by molar-refractivity contribution is 0.300. The van der Waals surface area contributed by atoms with Gasteiger partial charge in [-0.1, -0.05) is 0 Å². The lowest BCUT2D eigenvalue weighted by Crippen LogP contribution is -2.07. The van der Waals surface area contributed by atoms with Crippen molar-refractivity contribution in [3.05, 3.63) is 59.0 Å². The zero-order valence-electron chi connectivity index (χ0n) is 11.2. The van der Waals surface area contributed by atoms with E-state index >= 15 is 0 Å². The topological polar surface area (TPSA) is 50.8 Å². The number of pyridine rings is 1. The van der Waals surface area contributed by atoms with Crippen LogP contribution in [-0.4, -0.2) is 16.2 Å². The Morgan fingerprint density at radius 3 is 2.81 bits per heavy atom. The van der Waals surface area contributed by atoms with Crippen LogP contribution in [0.4, 0.5) is 0 Å². The maximum absolute atomic E-state index is 8.75. The zero-order valence-corrected chi connectivity index (χ0v) is 12.7. The lowest BCUT2D eigenvalue weighted by Gasteiger charge is -2.08. The number of benzene rings is 1.